The molecule has 29 heavy (non-hydrogen) atoms. The highest BCUT2D eigenvalue weighted by molar-refractivity contribution is 5.85. The number of nitrogens with one attached hydrogen (secondary N) is 1. The van der Waals surface area contributed by atoms with E-state index in [0.29, 0.717) is 6.42 Å². The van der Waals surface area contributed by atoms with Crippen LogP contribution in [0.4, 0.5) is 30.7 Å². The summed E-state index contributed by atoms with van der Waals surface area (Å²) in [4.78, 5) is 22.4. The number of unbranched alkanes of at least 4 members (excludes halogenated alkanes) is 8. The van der Waals surface area contributed by atoms with Crippen molar-refractivity contribution in [2.45, 2.75) is 89.2 Å². The Kier molecular flexibility index (Phi) is 12.2. The maximum atomic E-state index is 13.1. The largest absolute Gasteiger partial charge is 0.466 e. The molecule has 0 aliphatic carbocycles. The number of hydrogen-bond donors (Lipinski definition) is 1. The zero-order valence-electron chi connectivity index (χ0n) is 16.4. The quantitative estimate of drug-likeness (QED) is 0.211. The predicted molar refractivity (Wildman–Crippen MR) is 91.8 cm³/mol. The molecule has 4 nitrogen and oxygen atoms in total. The van der Waals surface area contributed by atoms with Gasteiger partial charge in [0, 0.05) is 6.54 Å². The van der Waals surface area contributed by atoms with Crippen molar-refractivity contribution in [1.82, 2.24) is 5.32 Å². The van der Waals surface area contributed by atoms with Crippen LogP contribution in [-0.2, 0) is 14.3 Å². The fourth-order valence-electron chi connectivity index (χ4n) is 2.38. The second-order valence-electron chi connectivity index (χ2n) is 6.70. The third-order valence-corrected chi connectivity index (χ3v) is 4.16. The average Bonchev–Trinajstić information content (AvgIpc) is 2.62. The summed E-state index contributed by atoms with van der Waals surface area (Å²) >= 11 is 0. The molecule has 0 saturated carbocycles. The van der Waals surface area contributed by atoms with Gasteiger partial charge in [0.1, 0.15) is 0 Å². The molecule has 0 bridgehead atoms. The molecule has 0 atom stereocenters. The molecule has 172 valence electrons. The topological polar surface area (TPSA) is 55.4 Å². The minimum absolute atomic E-state index is 0.0743. The molecule has 0 aromatic heterocycles. The van der Waals surface area contributed by atoms with Crippen LogP contribution in [0.15, 0.2) is 0 Å². The Labute approximate surface area is 165 Å². The van der Waals surface area contributed by atoms with Gasteiger partial charge in [0.2, 0.25) is 0 Å². The predicted octanol–water partition coefficient (Wildman–Crippen LogP) is 5.40. The molecule has 0 aromatic carbocycles. The summed E-state index contributed by atoms with van der Waals surface area (Å²) in [6.45, 7) is 1.36. The molecule has 0 saturated heterocycles. The van der Waals surface area contributed by atoms with Crippen LogP contribution in [0.1, 0.15) is 71.1 Å². The molecule has 0 spiro atoms. The number of amides is 1. The Morgan fingerprint density at radius 1 is 0.793 bits per heavy atom. The molecule has 0 aliphatic heterocycles. The van der Waals surface area contributed by atoms with Gasteiger partial charge in [-0.2, -0.15) is 30.7 Å². The van der Waals surface area contributed by atoms with Crippen molar-refractivity contribution in [1.29, 1.82) is 0 Å². The van der Waals surface area contributed by atoms with Gasteiger partial charge < -0.3 is 10.1 Å². The maximum Gasteiger partial charge on any atom is 0.460 e. The molecule has 1 amide bonds. The van der Waals surface area contributed by atoms with E-state index in [-0.39, 0.29) is 6.61 Å². The van der Waals surface area contributed by atoms with Crippen LogP contribution in [0.3, 0.4) is 0 Å². The minimum atomic E-state index is -6.59. The first-order valence-electron chi connectivity index (χ1n) is 9.64. The van der Waals surface area contributed by atoms with Crippen LogP contribution < -0.4 is 5.32 Å². The summed E-state index contributed by atoms with van der Waals surface area (Å²) in [5.41, 5.74) is 0. The molecule has 11 heteroatoms. The van der Waals surface area contributed by atoms with Crippen molar-refractivity contribution in [2.24, 2.45) is 0 Å². The van der Waals surface area contributed by atoms with Crippen LogP contribution in [0.5, 0.6) is 0 Å². The molecular weight excluding hydrogens is 411 g/mol. The summed E-state index contributed by atoms with van der Waals surface area (Å²) in [5, 5.41) is 1.20. The smallest absolute Gasteiger partial charge is 0.460 e. The highest BCUT2D eigenvalue weighted by Gasteiger charge is 2.76. The molecule has 0 rings (SSSR count). The van der Waals surface area contributed by atoms with Gasteiger partial charge in [0.05, 0.1) is 13.0 Å². The van der Waals surface area contributed by atoms with Crippen LogP contribution in [0.2, 0.25) is 0 Å². The number of hydrogen-bond acceptors (Lipinski definition) is 3. The molecule has 1 N–H and O–H groups in total. The van der Waals surface area contributed by atoms with Gasteiger partial charge in [-0.1, -0.05) is 58.3 Å². The van der Waals surface area contributed by atoms with E-state index < -0.39 is 42.9 Å². The van der Waals surface area contributed by atoms with Crippen LogP contribution in [0.25, 0.3) is 0 Å². The number of carbonyl (C=O) groups is 2. The molecule has 0 radical (unpaired) electrons. The molecule has 0 fully saturated rings. The van der Waals surface area contributed by atoms with Gasteiger partial charge in [-0.3, -0.25) is 9.59 Å². The van der Waals surface area contributed by atoms with Crippen molar-refractivity contribution < 1.29 is 45.1 Å². The normalized spacial score (nSPS) is 12.7. The number of rotatable bonds is 15. The third kappa shape index (κ3) is 9.66. The molecule has 0 aromatic rings. The second kappa shape index (κ2) is 12.9. The van der Waals surface area contributed by atoms with Crippen LogP contribution >= 0.6 is 0 Å². The molecule has 0 unspecified atom stereocenters. The van der Waals surface area contributed by atoms with Crippen LogP contribution in [0, 0.1) is 0 Å². The first-order chi connectivity index (χ1) is 13.4. The van der Waals surface area contributed by atoms with E-state index in [1.54, 1.807) is 0 Å². The van der Waals surface area contributed by atoms with E-state index in [1.165, 1.54) is 31.0 Å². The highest BCUT2D eigenvalue weighted by Crippen LogP contribution is 2.46. The SMILES string of the molecule is CCCCCCCCCCCOC(=O)CCNC(=O)C(F)(F)C(F)(F)C(F)(F)F. The molecule has 0 heterocycles. The van der Waals surface area contributed by atoms with Gasteiger partial charge in [-0.05, 0) is 6.42 Å². The summed E-state index contributed by atoms with van der Waals surface area (Å²) in [6, 6.07) is 0. The fourth-order valence-corrected chi connectivity index (χ4v) is 2.38. The first-order valence-corrected chi connectivity index (χ1v) is 9.64. The van der Waals surface area contributed by atoms with E-state index in [0.717, 1.165) is 25.7 Å². The van der Waals surface area contributed by atoms with Gasteiger partial charge in [-0.15, -0.1) is 0 Å². The van der Waals surface area contributed by atoms with Crippen molar-refractivity contribution in [3.8, 4) is 0 Å². The zero-order chi connectivity index (χ0) is 22.6. The lowest BCUT2D eigenvalue weighted by atomic mass is 10.1. The third-order valence-electron chi connectivity index (χ3n) is 4.16. The maximum absolute atomic E-state index is 13.1. The van der Waals surface area contributed by atoms with Gasteiger partial charge in [-0.25, -0.2) is 0 Å². The van der Waals surface area contributed by atoms with E-state index in [4.69, 9.17) is 4.74 Å². The lowest BCUT2D eigenvalue weighted by Crippen LogP contribution is -2.59. The summed E-state index contributed by atoms with van der Waals surface area (Å²) in [5.74, 6) is -16.2. The fraction of sp³-hybridized carbons (Fsp3) is 0.889. The number of ether oxygens (including phenoxy) is 1. The van der Waals surface area contributed by atoms with E-state index in [1.807, 2.05) is 0 Å². The minimum Gasteiger partial charge on any atom is -0.466 e. The van der Waals surface area contributed by atoms with E-state index >= 15 is 0 Å². The molecular formula is C18H28F7NO3. The van der Waals surface area contributed by atoms with Crippen molar-refractivity contribution in [2.75, 3.05) is 13.2 Å². The average molecular weight is 439 g/mol. The number of esters is 1. The summed E-state index contributed by atoms with van der Waals surface area (Å²) in [7, 11) is 0. The van der Waals surface area contributed by atoms with Crippen LogP contribution in [-0.4, -0.2) is 43.0 Å². The lowest BCUT2D eigenvalue weighted by molar-refractivity contribution is -0.344. The number of alkyl halides is 7. The monoisotopic (exact) mass is 439 g/mol. The van der Waals surface area contributed by atoms with Crippen molar-refractivity contribution in [3.63, 3.8) is 0 Å². The van der Waals surface area contributed by atoms with Crippen molar-refractivity contribution >= 4 is 11.9 Å². The number of carbonyl (C=O) groups excluding carboxylic acids is 2. The molecule has 0 aliphatic rings. The van der Waals surface area contributed by atoms with E-state index in [2.05, 4.69) is 6.92 Å². The first kappa shape index (κ1) is 27.5. The summed E-state index contributed by atoms with van der Waals surface area (Å²) < 4.78 is 92.2. The highest BCUT2D eigenvalue weighted by atomic mass is 19.4. The van der Waals surface area contributed by atoms with E-state index in [9.17, 15) is 40.3 Å². The van der Waals surface area contributed by atoms with Gasteiger partial charge in [0.15, 0.2) is 0 Å². The van der Waals surface area contributed by atoms with Gasteiger partial charge in [0.25, 0.3) is 5.91 Å². The Balaban J connectivity index is 3.93. The standard InChI is InChI=1S/C18H28F7NO3/c1-2-3-4-5-6-7-8-9-10-13-29-14(27)11-12-26-15(28)16(19,20)17(21,22)18(23,24)25/h2-13H2,1H3,(H,26,28). The Morgan fingerprint density at radius 3 is 1.76 bits per heavy atom. The second-order valence-corrected chi connectivity index (χ2v) is 6.70. The summed E-state index contributed by atoms with van der Waals surface area (Å²) in [6.07, 6.45) is 2.17. The zero-order valence-corrected chi connectivity index (χ0v) is 16.4. The Morgan fingerprint density at radius 2 is 1.28 bits per heavy atom. The Bertz CT molecular complexity index is 496. The lowest BCUT2D eigenvalue weighted by Gasteiger charge is -2.26. The Hall–Kier alpha value is -1.55. The van der Waals surface area contributed by atoms with Gasteiger partial charge >= 0.3 is 24.0 Å². The number of halogens is 7. The van der Waals surface area contributed by atoms with Crippen molar-refractivity contribution in [3.05, 3.63) is 0 Å².